The van der Waals surface area contributed by atoms with Gasteiger partial charge in [-0.1, -0.05) is 19.6 Å². The molecular formula is C6H9NO2. The number of hydrogen-bond donors (Lipinski definition) is 0. The normalized spacial score (nSPS) is 8.78. The first-order valence-corrected chi connectivity index (χ1v) is 2.64. The third kappa shape index (κ3) is 2.11. The lowest BCUT2D eigenvalue weighted by Gasteiger charge is -1.95. The van der Waals surface area contributed by atoms with E-state index in [0.717, 1.165) is 0 Å². The highest BCUT2D eigenvalue weighted by Gasteiger charge is 2.12. The van der Waals surface area contributed by atoms with Crippen molar-refractivity contribution in [2.24, 2.45) is 5.92 Å². The van der Waals surface area contributed by atoms with Gasteiger partial charge >= 0.3 is 0 Å². The number of rotatable bonds is 2. The molecule has 0 spiro atoms. The molecule has 0 aliphatic rings. The second-order valence-corrected chi connectivity index (χ2v) is 1.97. The molecule has 0 aromatic heterocycles. The van der Waals surface area contributed by atoms with Crippen molar-refractivity contribution in [3.63, 3.8) is 0 Å². The van der Waals surface area contributed by atoms with E-state index in [1.54, 1.807) is 13.8 Å². The van der Waals surface area contributed by atoms with Crippen molar-refractivity contribution in [1.82, 2.24) is 0 Å². The minimum absolute atomic E-state index is 0.0509. The van der Waals surface area contributed by atoms with Gasteiger partial charge in [-0.3, -0.25) is 10.1 Å². The topological polar surface area (TPSA) is 43.1 Å². The van der Waals surface area contributed by atoms with Crippen LogP contribution in [0.2, 0.25) is 0 Å². The van der Waals surface area contributed by atoms with Gasteiger partial charge in [0.15, 0.2) is 0 Å². The summed E-state index contributed by atoms with van der Waals surface area (Å²) in [6.45, 7) is 6.66. The summed E-state index contributed by atoms with van der Waals surface area (Å²) in [6.07, 6.45) is 0. The number of nitro groups is 1. The number of allylic oxidation sites excluding steroid dienone is 1. The van der Waals surface area contributed by atoms with Gasteiger partial charge in [-0.15, -0.1) is 0 Å². The zero-order chi connectivity index (χ0) is 7.44. The molecule has 0 atom stereocenters. The van der Waals surface area contributed by atoms with Gasteiger partial charge in [0.2, 0.25) is 0 Å². The highest BCUT2D eigenvalue weighted by molar-refractivity contribution is 4.90. The second-order valence-electron chi connectivity index (χ2n) is 1.97. The van der Waals surface area contributed by atoms with E-state index >= 15 is 0 Å². The molecule has 0 aliphatic carbocycles. The minimum Gasteiger partial charge on any atom is -0.258 e. The predicted octanol–water partition coefficient (Wildman–Crippen LogP) is 1.59. The van der Waals surface area contributed by atoms with Crippen molar-refractivity contribution >= 4 is 0 Å². The first-order chi connectivity index (χ1) is 4.09. The molecule has 3 heteroatoms. The Kier molecular flexibility index (Phi) is 2.68. The highest BCUT2D eigenvalue weighted by Crippen LogP contribution is 2.06. The molecule has 0 amide bonds. The average molecular weight is 127 g/mol. The zero-order valence-electron chi connectivity index (χ0n) is 5.55. The van der Waals surface area contributed by atoms with Crippen molar-refractivity contribution in [3.05, 3.63) is 28.1 Å². The van der Waals surface area contributed by atoms with E-state index in [1.807, 2.05) is 0 Å². The largest absolute Gasteiger partial charge is 0.290 e. The monoisotopic (exact) mass is 127 g/mol. The average Bonchev–Trinajstić information content (AvgIpc) is 1.64. The fourth-order valence-electron chi connectivity index (χ4n) is 0.479. The maximum Gasteiger partial charge on any atom is 0.290 e. The molecule has 0 aliphatic heterocycles. The first-order valence-electron chi connectivity index (χ1n) is 2.64. The summed E-state index contributed by atoms with van der Waals surface area (Å²) in [4.78, 5) is 9.58. The molecule has 0 unspecified atom stereocenters. The van der Waals surface area contributed by atoms with Crippen molar-refractivity contribution in [2.45, 2.75) is 13.8 Å². The van der Waals surface area contributed by atoms with E-state index in [4.69, 9.17) is 0 Å². The SMILES string of the molecule is C=C=C(C(C)C)[N+](=O)[O-]. The van der Waals surface area contributed by atoms with Crippen LogP contribution in [0.4, 0.5) is 0 Å². The zero-order valence-corrected chi connectivity index (χ0v) is 5.55. The van der Waals surface area contributed by atoms with Gasteiger partial charge in [0, 0.05) is 0 Å². The standard InChI is InChI=1S/C6H9NO2/c1-4-6(5(2)3)7(8)9/h5H,1H2,2-3H3. The molecule has 50 valence electrons. The molecule has 9 heavy (non-hydrogen) atoms. The van der Waals surface area contributed by atoms with Crippen LogP contribution in [0, 0.1) is 16.0 Å². The van der Waals surface area contributed by atoms with Crippen molar-refractivity contribution in [1.29, 1.82) is 0 Å². The lowest BCUT2D eigenvalue weighted by atomic mass is 10.2. The van der Waals surface area contributed by atoms with Gasteiger partial charge < -0.3 is 0 Å². The summed E-state index contributed by atoms with van der Waals surface area (Å²) in [5.74, 6) is -0.0995. The Hall–Kier alpha value is -1.08. The molecule has 0 aromatic rings. The lowest BCUT2D eigenvalue weighted by molar-refractivity contribution is -0.432. The van der Waals surface area contributed by atoms with E-state index in [9.17, 15) is 10.1 Å². The molecule has 0 aromatic carbocycles. The highest BCUT2D eigenvalue weighted by atomic mass is 16.6. The minimum atomic E-state index is -0.461. The van der Waals surface area contributed by atoms with E-state index in [0.29, 0.717) is 0 Å². The van der Waals surface area contributed by atoms with E-state index in [1.165, 1.54) is 0 Å². The summed E-state index contributed by atoms with van der Waals surface area (Å²) in [5.41, 5.74) is 2.32. The van der Waals surface area contributed by atoms with Gasteiger partial charge in [-0.05, 0) is 6.58 Å². The summed E-state index contributed by atoms with van der Waals surface area (Å²) in [7, 11) is 0. The molecular weight excluding hydrogens is 118 g/mol. The van der Waals surface area contributed by atoms with Gasteiger partial charge in [0.05, 0.1) is 10.8 Å². The Balaban J connectivity index is 4.38. The molecule has 0 saturated carbocycles. The van der Waals surface area contributed by atoms with Crippen molar-refractivity contribution in [2.75, 3.05) is 0 Å². The van der Waals surface area contributed by atoms with E-state index in [-0.39, 0.29) is 11.6 Å². The summed E-state index contributed by atoms with van der Waals surface area (Å²) < 4.78 is 0. The Morgan fingerprint density at radius 3 is 2.22 bits per heavy atom. The van der Waals surface area contributed by atoms with Crippen LogP contribution in [-0.4, -0.2) is 4.92 Å². The van der Waals surface area contributed by atoms with Crippen LogP contribution in [0.1, 0.15) is 13.8 Å². The summed E-state index contributed by atoms with van der Waals surface area (Å²) in [6, 6.07) is 0. The third-order valence-corrected chi connectivity index (χ3v) is 0.925. The molecule has 3 nitrogen and oxygen atoms in total. The molecule has 0 rings (SSSR count). The first kappa shape index (κ1) is 7.92. The van der Waals surface area contributed by atoms with Gasteiger partial charge in [0.25, 0.3) is 5.70 Å². The molecule has 0 N–H and O–H groups in total. The van der Waals surface area contributed by atoms with Gasteiger partial charge in [-0.2, -0.15) is 0 Å². The number of hydrogen-bond acceptors (Lipinski definition) is 2. The van der Waals surface area contributed by atoms with Crippen LogP contribution in [0.3, 0.4) is 0 Å². The van der Waals surface area contributed by atoms with Gasteiger partial charge in [0.1, 0.15) is 0 Å². The quantitative estimate of drug-likeness (QED) is 0.321. The fourth-order valence-corrected chi connectivity index (χ4v) is 0.479. The maximum atomic E-state index is 10.0. The Bertz CT molecular complexity index is 166. The van der Waals surface area contributed by atoms with E-state index < -0.39 is 4.92 Å². The van der Waals surface area contributed by atoms with Crippen molar-refractivity contribution in [3.8, 4) is 0 Å². The Morgan fingerprint density at radius 1 is 1.78 bits per heavy atom. The van der Waals surface area contributed by atoms with E-state index in [2.05, 4.69) is 12.3 Å². The van der Waals surface area contributed by atoms with Crippen LogP contribution >= 0.6 is 0 Å². The van der Waals surface area contributed by atoms with Gasteiger partial charge in [-0.25, -0.2) is 0 Å². The maximum absolute atomic E-state index is 10.0. The Labute approximate surface area is 53.8 Å². The number of nitrogens with zero attached hydrogens (tertiary/aromatic N) is 1. The molecule has 0 bridgehead atoms. The molecule has 0 fully saturated rings. The van der Waals surface area contributed by atoms with Crippen LogP contribution in [0.15, 0.2) is 18.0 Å². The predicted molar refractivity (Wildman–Crippen MR) is 34.5 cm³/mol. The molecule has 0 saturated heterocycles. The smallest absolute Gasteiger partial charge is 0.258 e. The van der Waals surface area contributed by atoms with Crippen LogP contribution < -0.4 is 0 Å². The lowest BCUT2D eigenvalue weighted by Crippen LogP contribution is -2.03. The van der Waals surface area contributed by atoms with Crippen LogP contribution in [-0.2, 0) is 0 Å². The van der Waals surface area contributed by atoms with Crippen LogP contribution in [0.5, 0.6) is 0 Å². The molecule has 0 radical (unpaired) electrons. The van der Waals surface area contributed by atoms with Crippen molar-refractivity contribution < 1.29 is 4.92 Å². The molecule has 0 heterocycles. The Morgan fingerprint density at radius 2 is 2.22 bits per heavy atom. The second kappa shape index (κ2) is 3.05. The third-order valence-electron chi connectivity index (χ3n) is 0.925. The summed E-state index contributed by atoms with van der Waals surface area (Å²) >= 11 is 0. The van der Waals surface area contributed by atoms with Crippen LogP contribution in [0.25, 0.3) is 0 Å². The fraction of sp³-hybridized carbons (Fsp3) is 0.500. The summed E-state index contributed by atoms with van der Waals surface area (Å²) in [5, 5.41) is 10.0.